The molecule has 1 aromatic heterocycles. The van der Waals surface area contributed by atoms with Gasteiger partial charge in [0.05, 0.1) is 10.6 Å². The van der Waals surface area contributed by atoms with Crippen molar-refractivity contribution in [3.63, 3.8) is 0 Å². The molecule has 0 radical (unpaired) electrons. The average Bonchev–Trinajstić information content (AvgIpc) is 3.30. The van der Waals surface area contributed by atoms with Crippen LogP contribution in [0.25, 0.3) is 0 Å². The summed E-state index contributed by atoms with van der Waals surface area (Å²) in [4.78, 5) is 38.0. The van der Waals surface area contributed by atoms with E-state index in [1.54, 1.807) is 37.3 Å². The van der Waals surface area contributed by atoms with Crippen LogP contribution < -0.4 is 20.7 Å². The van der Waals surface area contributed by atoms with Crippen molar-refractivity contribution in [1.29, 1.82) is 0 Å². The maximum atomic E-state index is 13.1. The van der Waals surface area contributed by atoms with Gasteiger partial charge in [-0.05, 0) is 42.1 Å². The maximum absolute atomic E-state index is 13.1. The summed E-state index contributed by atoms with van der Waals surface area (Å²) in [6, 6.07) is 17.2. The zero-order valence-electron chi connectivity index (χ0n) is 16.8. The minimum absolute atomic E-state index is 0.249. The first-order valence-electron chi connectivity index (χ1n) is 9.80. The highest BCUT2D eigenvalue weighted by atomic mass is 32.1. The van der Waals surface area contributed by atoms with E-state index >= 15 is 0 Å². The molecule has 0 saturated carbocycles. The quantitative estimate of drug-likeness (QED) is 0.553. The van der Waals surface area contributed by atoms with Crippen LogP contribution in [0.5, 0.6) is 5.75 Å². The van der Waals surface area contributed by atoms with Crippen molar-refractivity contribution in [3.05, 3.63) is 76.5 Å². The number of benzene rings is 2. The van der Waals surface area contributed by atoms with Gasteiger partial charge >= 0.3 is 0 Å². The highest BCUT2D eigenvalue weighted by molar-refractivity contribution is 7.12. The third kappa shape index (κ3) is 4.92. The lowest BCUT2D eigenvalue weighted by Crippen LogP contribution is -2.45. The lowest BCUT2D eigenvalue weighted by atomic mass is 10.0. The van der Waals surface area contributed by atoms with Crippen LogP contribution in [0.2, 0.25) is 0 Å². The Kier molecular flexibility index (Phi) is 5.99. The van der Waals surface area contributed by atoms with Crippen molar-refractivity contribution in [2.75, 3.05) is 10.6 Å². The first-order chi connectivity index (χ1) is 15.0. The number of ether oxygens (including phenoxy) is 1. The van der Waals surface area contributed by atoms with E-state index in [-0.39, 0.29) is 17.7 Å². The van der Waals surface area contributed by atoms with Crippen molar-refractivity contribution in [2.45, 2.75) is 25.5 Å². The van der Waals surface area contributed by atoms with Crippen molar-refractivity contribution in [1.82, 2.24) is 5.32 Å². The van der Waals surface area contributed by atoms with Crippen LogP contribution in [0.4, 0.5) is 11.4 Å². The van der Waals surface area contributed by atoms with Crippen molar-refractivity contribution in [3.8, 4) is 5.75 Å². The second kappa shape index (κ2) is 9.01. The fraction of sp³-hybridized carbons (Fsp3) is 0.174. The van der Waals surface area contributed by atoms with E-state index in [2.05, 4.69) is 16.0 Å². The number of carbonyl (C=O) groups excluding carboxylic acids is 3. The van der Waals surface area contributed by atoms with Gasteiger partial charge in [0.2, 0.25) is 5.91 Å². The Labute approximate surface area is 183 Å². The molecule has 8 heteroatoms. The molecule has 1 aliphatic rings. The summed E-state index contributed by atoms with van der Waals surface area (Å²) in [5.74, 6) is -0.366. The van der Waals surface area contributed by atoms with E-state index in [1.165, 1.54) is 11.3 Å². The Morgan fingerprint density at radius 3 is 2.68 bits per heavy atom. The molecule has 0 fully saturated rings. The first kappa shape index (κ1) is 20.6. The van der Waals surface area contributed by atoms with E-state index in [9.17, 15) is 14.4 Å². The minimum atomic E-state index is -0.779. The van der Waals surface area contributed by atoms with Gasteiger partial charge < -0.3 is 20.7 Å². The number of anilines is 2. The molecule has 3 aromatic rings. The molecule has 0 aliphatic carbocycles. The zero-order chi connectivity index (χ0) is 21.8. The Morgan fingerprint density at radius 1 is 1.13 bits per heavy atom. The van der Waals surface area contributed by atoms with Gasteiger partial charge in [-0.2, -0.15) is 0 Å². The lowest BCUT2D eigenvalue weighted by molar-refractivity contribution is -0.122. The molecular formula is C23H21N3O4S. The van der Waals surface area contributed by atoms with Crippen molar-refractivity contribution >= 4 is 40.4 Å². The van der Waals surface area contributed by atoms with Crippen LogP contribution >= 0.6 is 11.3 Å². The maximum Gasteiger partial charge on any atom is 0.265 e. The van der Waals surface area contributed by atoms with E-state index in [1.807, 2.05) is 35.7 Å². The van der Waals surface area contributed by atoms with E-state index in [0.717, 1.165) is 5.56 Å². The lowest BCUT2D eigenvalue weighted by Gasteiger charge is -2.24. The standard InChI is InChI=1S/C23H21N3O4S/c1-14-21(27)25-17-13-16(9-10-19(17)30-14)24-22(28)18(12-15-6-3-2-4-7-15)26-23(29)20-8-5-11-31-20/h2-11,13-14,18H,12H2,1H3,(H,24,28)(H,25,27)(H,26,29)/t14-,18+/m0/s1. The van der Waals surface area contributed by atoms with Crippen LogP contribution in [-0.4, -0.2) is 29.9 Å². The first-order valence-corrected chi connectivity index (χ1v) is 10.7. The van der Waals surface area contributed by atoms with Crippen LogP contribution in [-0.2, 0) is 16.0 Å². The normalized spacial score (nSPS) is 15.8. The molecule has 0 spiro atoms. The van der Waals surface area contributed by atoms with Gasteiger partial charge in [-0.1, -0.05) is 36.4 Å². The van der Waals surface area contributed by atoms with Gasteiger partial charge in [0, 0.05) is 12.1 Å². The van der Waals surface area contributed by atoms with Gasteiger partial charge in [0.25, 0.3) is 11.8 Å². The van der Waals surface area contributed by atoms with Gasteiger partial charge in [-0.25, -0.2) is 0 Å². The largest absolute Gasteiger partial charge is 0.479 e. The number of thiophene rings is 1. The average molecular weight is 436 g/mol. The minimum Gasteiger partial charge on any atom is -0.479 e. The number of nitrogens with one attached hydrogen (secondary N) is 3. The third-order valence-corrected chi connectivity index (χ3v) is 5.70. The summed E-state index contributed by atoms with van der Waals surface area (Å²) in [5.41, 5.74) is 1.91. The smallest absolute Gasteiger partial charge is 0.265 e. The molecule has 3 amide bonds. The summed E-state index contributed by atoms with van der Waals surface area (Å²) in [6.45, 7) is 1.67. The number of fused-ring (bicyclic) bond motifs is 1. The van der Waals surface area contributed by atoms with Gasteiger partial charge in [0.15, 0.2) is 6.10 Å². The second-order valence-electron chi connectivity index (χ2n) is 7.14. The van der Waals surface area contributed by atoms with Crippen LogP contribution in [0, 0.1) is 0 Å². The molecule has 2 aromatic carbocycles. The number of hydrogen-bond acceptors (Lipinski definition) is 5. The Balaban J connectivity index is 1.52. The summed E-state index contributed by atoms with van der Waals surface area (Å²) < 4.78 is 5.54. The SMILES string of the molecule is C[C@@H]1Oc2ccc(NC(=O)[C@@H](Cc3ccccc3)NC(=O)c3cccs3)cc2NC1=O. The fourth-order valence-electron chi connectivity index (χ4n) is 3.21. The van der Waals surface area contributed by atoms with Gasteiger partial charge in [0.1, 0.15) is 11.8 Å². The molecule has 0 unspecified atom stereocenters. The van der Waals surface area contributed by atoms with E-state index in [4.69, 9.17) is 4.74 Å². The monoisotopic (exact) mass is 435 g/mol. The number of amides is 3. The molecule has 0 saturated heterocycles. The fourth-order valence-corrected chi connectivity index (χ4v) is 3.84. The van der Waals surface area contributed by atoms with Gasteiger partial charge in [-0.3, -0.25) is 14.4 Å². The molecule has 158 valence electrons. The van der Waals surface area contributed by atoms with Crippen molar-refractivity contribution < 1.29 is 19.1 Å². The summed E-state index contributed by atoms with van der Waals surface area (Å²) >= 11 is 1.31. The molecule has 7 nitrogen and oxygen atoms in total. The second-order valence-corrected chi connectivity index (χ2v) is 8.09. The van der Waals surface area contributed by atoms with Crippen molar-refractivity contribution in [2.24, 2.45) is 0 Å². The van der Waals surface area contributed by atoms with Gasteiger partial charge in [-0.15, -0.1) is 11.3 Å². The number of carbonyl (C=O) groups is 3. The third-order valence-electron chi connectivity index (χ3n) is 4.83. The topological polar surface area (TPSA) is 96.5 Å². The Hall–Kier alpha value is -3.65. The summed E-state index contributed by atoms with van der Waals surface area (Å²) in [6.07, 6.45) is -0.234. The molecule has 1 aliphatic heterocycles. The van der Waals surface area contributed by atoms with Crippen LogP contribution in [0.15, 0.2) is 66.0 Å². The predicted octanol–water partition coefficient (Wildman–Crippen LogP) is 3.45. The molecule has 31 heavy (non-hydrogen) atoms. The highest BCUT2D eigenvalue weighted by Crippen LogP contribution is 2.32. The van der Waals surface area contributed by atoms with Crippen LogP contribution in [0.1, 0.15) is 22.2 Å². The highest BCUT2D eigenvalue weighted by Gasteiger charge is 2.25. The van der Waals surface area contributed by atoms with E-state index in [0.29, 0.717) is 28.4 Å². The Bertz CT molecular complexity index is 1100. The molecule has 2 atom stereocenters. The molecule has 2 heterocycles. The summed E-state index contributed by atoms with van der Waals surface area (Å²) in [5, 5.41) is 10.2. The number of rotatable bonds is 6. The summed E-state index contributed by atoms with van der Waals surface area (Å²) in [7, 11) is 0. The van der Waals surface area contributed by atoms with E-state index < -0.39 is 12.1 Å². The molecule has 4 rings (SSSR count). The molecular weight excluding hydrogens is 414 g/mol. The zero-order valence-corrected chi connectivity index (χ0v) is 17.6. The van der Waals surface area contributed by atoms with Crippen LogP contribution in [0.3, 0.4) is 0 Å². The predicted molar refractivity (Wildman–Crippen MR) is 120 cm³/mol. The Morgan fingerprint density at radius 2 is 1.94 bits per heavy atom. The number of hydrogen-bond donors (Lipinski definition) is 3. The molecule has 0 bridgehead atoms. The molecule has 3 N–H and O–H groups in total.